The second-order valence-corrected chi connectivity index (χ2v) is 7.95. The van der Waals surface area contributed by atoms with Crippen molar-refractivity contribution >= 4 is 32.5 Å². The number of alkyl halides is 3. The normalized spacial score (nSPS) is 12.7. The van der Waals surface area contributed by atoms with E-state index in [1.165, 1.54) is 4.72 Å². The maximum atomic E-state index is 12.1. The Balaban J connectivity index is 0.00000529. The molecule has 0 saturated heterocycles. The zero-order chi connectivity index (χ0) is 17.7. The van der Waals surface area contributed by atoms with Gasteiger partial charge in [-0.25, -0.2) is 26.3 Å². The van der Waals surface area contributed by atoms with E-state index >= 15 is 0 Å². The van der Waals surface area contributed by atoms with E-state index in [9.17, 15) is 30.0 Å². The molecule has 1 rings (SSSR count). The van der Waals surface area contributed by atoms with Crippen LogP contribution in [0.15, 0.2) is 34.1 Å². The van der Waals surface area contributed by atoms with Crippen LogP contribution in [0.1, 0.15) is 0 Å². The number of benzene rings is 1. The van der Waals surface area contributed by atoms with E-state index in [1.54, 1.807) is 7.05 Å². The predicted molar refractivity (Wildman–Crippen MR) is 84.0 cm³/mol. The average molecular weight is 412 g/mol. The predicted octanol–water partition coefficient (Wildman–Crippen LogP) is 0.447. The highest BCUT2D eigenvalue weighted by Crippen LogP contribution is 2.17. The van der Waals surface area contributed by atoms with Gasteiger partial charge in [-0.05, 0) is 31.3 Å². The quantitative estimate of drug-likeness (QED) is 0.539. The molecule has 24 heavy (non-hydrogen) atoms. The number of nitrogens with one attached hydrogen (secondary N) is 3. The summed E-state index contributed by atoms with van der Waals surface area (Å²) >= 11 is 0. The van der Waals surface area contributed by atoms with Crippen LogP contribution in [0, 0.1) is 0 Å². The van der Waals surface area contributed by atoms with Gasteiger partial charge in [0, 0.05) is 13.1 Å². The van der Waals surface area contributed by atoms with Gasteiger partial charge in [0.05, 0.1) is 9.79 Å². The second kappa shape index (κ2) is 8.97. The minimum absolute atomic E-state index is 0. The summed E-state index contributed by atoms with van der Waals surface area (Å²) < 4.78 is 86.9. The summed E-state index contributed by atoms with van der Waals surface area (Å²) in [6.45, 7) is -1.18. The van der Waals surface area contributed by atoms with Crippen molar-refractivity contribution in [3.8, 4) is 0 Å². The maximum Gasteiger partial charge on any atom is 0.402 e. The summed E-state index contributed by atoms with van der Waals surface area (Å²) in [4.78, 5) is -0.653. The third-order valence-electron chi connectivity index (χ3n) is 2.57. The zero-order valence-electron chi connectivity index (χ0n) is 12.4. The highest BCUT2D eigenvalue weighted by atomic mass is 35.5. The van der Waals surface area contributed by atoms with Crippen molar-refractivity contribution in [1.29, 1.82) is 0 Å². The lowest BCUT2D eigenvalue weighted by molar-refractivity contribution is -0.121. The Kier molecular flexibility index (Phi) is 8.62. The number of hydrogen-bond donors (Lipinski definition) is 3. The molecule has 1 aromatic rings. The number of likely N-dealkylation sites (N-methyl/N-ethyl adjacent to an activating group) is 1. The number of rotatable bonds is 8. The number of halogens is 4. The molecule has 0 spiro atoms. The molecule has 1 aromatic carbocycles. The van der Waals surface area contributed by atoms with Crippen molar-refractivity contribution in [1.82, 2.24) is 14.8 Å². The molecule has 0 aliphatic carbocycles. The minimum atomic E-state index is -4.69. The molecule has 0 radical (unpaired) electrons. The summed E-state index contributed by atoms with van der Waals surface area (Å²) in [6.07, 6.45) is -4.69. The maximum absolute atomic E-state index is 12.1. The van der Waals surface area contributed by atoms with Crippen LogP contribution in [0.5, 0.6) is 0 Å². The van der Waals surface area contributed by atoms with Crippen molar-refractivity contribution < 1.29 is 30.0 Å². The van der Waals surface area contributed by atoms with Gasteiger partial charge in [-0.1, -0.05) is 0 Å². The first-order valence-electron chi connectivity index (χ1n) is 6.29. The highest BCUT2D eigenvalue weighted by molar-refractivity contribution is 7.90. The molecular weight excluding hydrogens is 395 g/mol. The van der Waals surface area contributed by atoms with Crippen molar-refractivity contribution in [2.75, 3.05) is 26.7 Å². The van der Waals surface area contributed by atoms with E-state index < -0.39 is 37.7 Å². The van der Waals surface area contributed by atoms with E-state index in [4.69, 9.17) is 0 Å². The molecule has 0 aliphatic heterocycles. The molecule has 0 aromatic heterocycles. The lowest BCUT2D eigenvalue weighted by Crippen LogP contribution is -2.33. The molecule has 13 heteroatoms. The minimum Gasteiger partial charge on any atom is -0.318 e. The standard InChI is InChI=1S/C11H16F3N3O4S2.ClH/c1-15-6-7-16-22(18,19)9-2-4-10(5-3-9)23(20,21)17-8-11(12,13)14;/h2-5,15-17H,6-8H2,1H3;1H. The van der Waals surface area contributed by atoms with Crippen molar-refractivity contribution in [2.45, 2.75) is 16.0 Å². The van der Waals surface area contributed by atoms with Gasteiger partial charge >= 0.3 is 6.18 Å². The largest absolute Gasteiger partial charge is 0.402 e. The molecule has 0 amide bonds. The van der Waals surface area contributed by atoms with Crippen LogP contribution < -0.4 is 14.8 Å². The molecule has 0 bridgehead atoms. The molecular formula is C11H17ClF3N3O4S2. The Morgan fingerprint density at radius 2 is 1.29 bits per heavy atom. The third-order valence-corrected chi connectivity index (χ3v) is 5.47. The van der Waals surface area contributed by atoms with Crippen LogP contribution in [-0.4, -0.2) is 49.7 Å². The first-order valence-corrected chi connectivity index (χ1v) is 9.25. The first-order chi connectivity index (χ1) is 10.5. The SMILES string of the molecule is CNCCNS(=O)(=O)c1ccc(S(=O)(=O)NCC(F)(F)F)cc1.Cl. The monoisotopic (exact) mass is 411 g/mol. The topological polar surface area (TPSA) is 104 Å². The summed E-state index contributed by atoms with van der Waals surface area (Å²) in [5, 5.41) is 2.74. The van der Waals surface area contributed by atoms with E-state index in [0.717, 1.165) is 24.3 Å². The fourth-order valence-corrected chi connectivity index (χ4v) is 3.50. The van der Waals surface area contributed by atoms with Crippen molar-refractivity contribution in [3.63, 3.8) is 0 Å². The smallest absolute Gasteiger partial charge is 0.318 e. The number of hydrogen-bond acceptors (Lipinski definition) is 5. The lowest BCUT2D eigenvalue weighted by atomic mass is 10.4. The van der Waals surface area contributed by atoms with Crippen LogP contribution in [0.4, 0.5) is 13.2 Å². The fourth-order valence-electron chi connectivity index (χ4n) is 1.45. The van der Waals surface area contributed by atoms with Gasteiger partial charge in [-0.2, -0.15) is 13.2 Å². The van der Waals surface area contributed by atoms with Gasteiger partial charge < -0.3 is 5.32 Å². The van der Waals surface area contributed by atoms with Crippen LogP contribution in [0.3, 0.4) is 0 Å². The van der Waals surface area contributed by atoms with Crippen LogP contribution in [-0.2, 0) is 20.0 Å². The Morgan fingerprint density at radius 1 is 0.875 bits per heavy atom. The lowest BCUT2D eigenvalue weighted by Gasteiger charge is -2.10. The van der Waals surface area contributed by atoms with Crippen molar-refractivity contribution in [3.05, 3.63) is 24.3 Å². The van der Waals surface area contributed by atoms with Gasteiger partial charge in [0.1, 0.15) is 6.54 Å². The molecule has 0 unspecified atom stereocenters. The zero-order valence-corrected chi connectivity index (χ0v) is 14.9. The van der Waals surface area contributed by atoms with E-state index in [2.05, 4.69) is 10.0 Å². The fraction of sp³-hybridized carbons (Fsp3) is 0.455. The van der Waals surface area contributed by atoms with Gasteiger partial charge in [-0.3, -0.25) is 0 Å². The third kappa shape index (κ3) is 7.32. The van der Waals surface area contributed by atoms with Gasteiger partial charge in [0.15, 0.2) is 0 Å². The average Bonchev–Trinajstić information content (AvgIpc) is 2.45. The van der Waals surface area contributed by atoms with Crippen LogP contribution in [0.2, 0.25) is 0 Å². The van der Waals surface area contributed by atoms with Crippen LogP contribution >= 0.6 is 12.4 Å². The summed E-state index contributed by atoms with van der Waals surface area (Å²) in [5.74, 6) is 0. The highest BCUT2D eigenvalue weighted by Gasteiger charge is 2.30. The Hall–Kier alpha value is -0.920. The molecule has 140 valence electrons. The molecule has 0 saturated carbocycles. The molecule has 0 fully saturated rings. The second-order valence-electron chi connectivity index (χ2n) is 4.41. The Bertz CT molecular complexity index is 722. The van der Waals surface area contributed by atoms with Gasteiger partial charge in [0.2, 0.25) is 20.0 Å². The van der Waals surface area contributed by atoms with E-state index in [-0.39, 0.29) is 23.8 Å². The summed E-state index contributed by atoms with van der Waals surface area (Å²) in [5.41, 5.74) is 0. The van der Waals surface area contributed by atoms with E-state index in [1.807, 2.05) is 0 Å². The molecule has 3 N–H and O–H groups in total. The summed E-state index contributed by atoms with van der Waals surface area (Å²) in [7, 11) is -6.55. The first kappa shape index (κ1) is 23.1. The summed E-state index contributed by atoms with van der Waals surface area (Å²) in [6, 6.07) is 3.85. The van der Waals surface area contributed by atoms with Gasteiger partial charge in [-0.15, -0.1) is 12.4 Å². The van der Waals surface area contributed by atoms with E-state index in [0.29, 0.717) is 6.54 Å². The Morgan fingerprint density at radius 3 is 1.67 bits per heavy atom. The van der Waals surface area contributed by atoms with Gasteiger partial charge in [0.25, 0.3) is 0 Å². The molecule has 0 heterocycles. The molecule has 0 aliphatic rings. The molecule has 0 atom stereocenters. The molecule has 7 nitrogen and oxygen atoms in total. The Labute approximate surface area is 144 Å². The van der Waals surface area contributed by atoms with Crippen molar-refractivity contribution in [2.24, 2.45) is 0 Å². The number of sulfonamides is 2. The van der Waals surface area contributed by atoms with Crippen LogP contribution in [0.25, 0.3) is 0 Å².